The molecule has 2 saturated heterocycles. The number of piperazine rings is 1. The van der Waals surface area contributed by atoms with Gasteiger partial charge in [0.25, 0.3) is 0 Å². The molecule has 0 aliphatic carbocycles. The van der Waals surface area contributed by atoms with Crippen LogP contribution in [-0.4, -0.2) is 121 Å². The first-order valence-electron chi connectivity index (χ1n) is 12.3. The van der Waals surface area contributed by atoms with Gasteiger partial charge in [-0.15, -0.1) is 11.3 Å². The van der Waals surface area contributed by atoms with Crippen LogP contribution in [0.15, 0.2) is 18.5 Å². The Morgan fingerprint density at radius 1 is 1.08 bits per heavy atom. The van der Waals surface area contributed by atoms with Crippen molar-refractivity contribution in [3.63, 3.8) is 0 Å². The van der Waals surface area contributed by atoms with Gasteiger partial charge in [0.15, 0.2) is 11.6 Å². The van der Waals surface area contributed by atoms with Gasteiger partial charge in [-0.3, -0.25) is 9.69 Å². The summed E-state index contributed by atoms with van der Waals surface area (Å²) in [7, 11) is -0.515. The summed E-state index contributed by atoms with van der Waals surface area (Å²) in [6, 6.07) is 2.08. The maximum absolute atomic E-state index is 12.7. The number of carbonyl (C=O) groups is 1. The molecule has 2 N–H and O–H groups in total. The fourth-order valence-electron chi connectivity index (χ4n) is 4.38. The van der Waals surface area contributed by atoms with Gasteiger partial charge in [0.2, 0.25) is 21.9 Å². The lowest BCUT2D eigenvalue weighted by molar-refractivity contribution is -0.126. The Morgan fingerprint density at radius 2 is 1.76 bits per heavy atom. The molecule has 0 spiro atoms. The highest BCUT2D eigenvalue weighted by Crippen LogP contribution is 2.35. The lowest BCUT2D eigenvalue weighted by Crippen LogP contribution is -2.50. The van der Waals surface area contributed by atoms with Crippen molar-refractivity contribution >= 4 is 49.3 Å². The van der Waals surface area contributed by atoms with Crippen molar-refractivity contribution in [3.05, 3.63) is 23.3 Å². The summed E-state index contributed by atoms with van der Waals surface area (Å²) in [5.74, 6) is 0.677. The van der Waals surface area contributed by atoms with E-state index in [2.05, 4.69) is 25.8 Å². The van der Waals surface area contributed by atoms with Crippen LogP contribution < -0.4 is 10.6 Å². The molecule has 0 unspecified atom stereocenters. The number of fused-ring (bicyclic) bond motifs is 1. The number of rotatable bonds is 7. The Balaban J connectivity index is 1.34. The third kappa shape index (κ3) is 5.86. The van der Waals surface area contributed by atoms with Crippen molar-refractivity contribution in [3.8, 4) is 11.4 Å². The summed E-state index contributed by atoms with van der Waals surface area (Å²) in [6.07, 6.45) is 3.25. The molecule has 2 aliphatic heterocycles. The van der Waals surface area contributed by atoms with E-state index < -0.39 is 21.7 Å². The van der Waals surface area contributed by atoms with Crippen LogP contribution in [0.3, 0.4) is 0 Å². The van der Waals surface area contributed by atoms with Crippen LogP contribution >= 0.6 is 11.3 Å². The van der Waals surface area contributed by atoms with Gasteiger partial charge in [-0.05, 0) is 6.07 Å². The van der Waals surface area contributed by atoms with Gasteiger partial charge in [-0.2, -0.15) is 4.31 Å². The Kier molecular flexibility index (Phi) is 7.72. The zero-order chi connectivity index (χ0) is 26.9. The van der Waals surface area contributed by atoms with Crippen molar-refractivity contribution in [2.45, 2.75) is 6.54 Å². The van der Waals surface area contributed by atoms with Crippen LogP contribution in [0.1, 0.15) is 4.88 Å². The zero-order valence-corrected chi connectivity index (χ0v) is 23.0. The summed E-state index contributed by atoms with van der Waals surface area (Å²) in [5.41, 5.74) is 7.19. The van der Waals surface area contributed by atoms with Gasteiger partial charge in [-0.25, -0.2) is 28.4 Å². The number of anilines is 2. The van der Waals surface area contributed by atoms with Crippen LogP contribution in [0, 0.1) is 0 Å². The molecular formula is C23H31N9O4S2. The SMILES string of the molecule is CN(C)C(=O)CS(=O)(=O)N1CCN(Cc2cc3nc(-c4cnc(N)nc4)nc(N4CCOCC4)c3s2)CC1. The minimum absolute atomic E-state index is 0.193. The number of hydrogen-bond acceptors (Lipinski definition) is 12. The molecule has 0 atom stereocenters. The molecule has 204 valence electrons. The molecule has 0 saturated carbocycles. The fourth-order valence-corrected chi connectivity index (χ4v) is 7.00. The van der Waals surface area contributed by atoms with E-state index in [9.17, 15) is 13.2 Å². The van der Waals surface area contributed by atoms with Crippen LogP contribution in [-0.2, 0) is 26.1 Å². The number of sulfonamides is 1. The van der Waals surface area contributed by atoms with E-state index >= 15 is 0 Å². The highest BCUT2D eigenvalue weighted by molar-refractivity contribution is 7.89. The number of nitrogens with zero attached hydrogens (tertiary/aromatic N) is 8. The van der Waals surface area contributed by atoms with Crippen LogP contribution in [0.4, 0.5) is 11.8 Å². The number of aromatic nitrogens is 4. The number of thiophene rings is 1. The number of nitrogens with two attached hydrogens (primary N) is 1. The van der Waals surface area contributed by atoms with E-state index in [0.717, 1.165) is 34.0 Å². The van der Waals surface area contributed by atoms with Gasteiger partial charge in [-0.1, -0.05) is 0 Å². The van der Waals surface area contributed by atoms with Crippen molar-refractivity contribution in [1.29, 1.82) is 0 Å². The molecule has 5 rings (SSSR count). The minimum atomic E-state index is -3.63. The van der Waals surface area contributed by atoms with E-state index in [1.165, 1.54) is 9.21 Å². The van der Waals surface area contributed by atoms with Gasteiger partial charge in [0, 0.05) is 77.2 Å². The Bertz CT molecular complexity index is 1400. The molecule has 0 aromatic carbocycles. The van der Waals surface area contributed by atoms with E-state index in [0.29, 0.717) is 57.3 Å². The van der Waals surface area contributed by atoms with Crippen molar-refractivity contribution < 1.29 is 17.9 Å². The second-order valence-corrected chi connectivity index (χ2v) is 12.6. The second-order valence-electron chi connectivity index (χ2n) is 9.45. The normalized spacial score (nSPS) is 17.7. The molecule has 0 radical (unpaired) electrons. The van der Waals surface area contributed by atoms with Crippen LogP contribution in [0.5, 0.6) is 0 Å². The molecule has 1 amide bonds. The summed E-state index contributed by atoms with van der Waals surface area (Å²) in [5, 5.41) is 0. The van der Waals surface area contributed by atoms with E-state index in [-0.39, 0.29) is 5.95 Å². The highest BCUT2D eigenvalue weighted by Gasteiger charge is 2.30. The molecule has 38 heavy (non-hydrogen) atoms. The predicted octanol–water partition coefficient (Wildman–Crippen LogP) is 0.103. The Labute approximate surface area is 225 Å². The fraction of sp³-hybridized carbons (Fsp3) is 0.522. The van der Waals surface area contributed by atoms with Gasteiger partial charge in [0.1, 0.15) is 5.75 Å². The topological polar surface area (TPSA) is 151 Å². The maximum Gasteiger partial charge on any atom is 0.238 e. The number of ether oxygens (including phenoxy) is 1. The summed E-state index contributed by atoms with van der Waals surface area (Å²) >= 11 is 1.65. The van der Waals surface area contributed by atoms with E-state index in [1.54, 1.807) is 37.8 Å². The van der Waals surface area contributed by atoms with Crippen molar-refractivity contribution in [2.75, 3.05) is 83.0 Å². The molecular weight excluding hydrogens is 530 g/mol. The number of carbonyl (C=O) groups excluding carboxylic acids is 1. The van der Waals surface area contributed by atoms with Crippen LogP contribution in [0.2, 0.25) is 0 Å². The number of nitrogen functional groups attached to an aromatic ring is 1. The number of morpholine rings is 1. The molecule has 15 heteroatoms. The standard InChI is InChI=1S/C23H31N9O4S2/c1-29(2)19(33)15-38(34,35)32-5-3-30(4-6-32)14-17-11-18-20(37-17)22(31-7-9-36-10-8-31)28-21(27-18)16-12-25-23(24)26-13-16/h11-13H,3-10,14-15H2,1-2H3,(H2,24,25,26). The Morgan fingerprint density at radius 3 is 2.42 bits per heavy atom. The van der Waals surface area contributed by atoms with E-state index in [4.69, 9.17) is 20.4 Å². The second kappa shape index (κ2) is 11.0. The smallest absolute Gasteiger partial charge is 0.238 e. The third-order valence-corrected chi connectivity index (χ3v) is 9.42. The largest absolute Gasteiger partial charge is 0.378 e. The molecule has 13 nitrogen and oxygen atoms in total. The average Bonchev–Trinajstić information content (AvgIpc) is 3.31. The first-order chi connectivity index (χ1) is 18.2. The van der Waals surface area contributed by atoms with Crippen molar-refractivity contribution in [2.24, 2.45) is 0 Å². The Hall–Kier alpha value is -2.98. The zero-order valence-electron chi connectivity index (χ0n) is 21.4. The van der Waals surface area contributed by atoms with E-state index in [1.807, 2.05) is 0 Å². The predicted molar refractivity (Wildman–Crippen MR) is 145 cm³/mol. The van der Waals surface area contributed by atoms with Gasteiger partial charge in [0.05, 0.1) is 29.0 Å². The summed E-state index contributed by atoms with van der Waals surface area (Å²) in [6.45, 7) is 5.30. The summed E-state index contributed by atoms with van der Waals surface area (Å²) in [4.78, 5) is 36.7. The maximum atomic E-state index is 12.7. The number of hydrogen-bond donors (Lipinski definition) is 1. The van der Waals surface area contributed by atoms with Gasteiger partial charge >= 0.3 is 0 Å². The molecule has 3 aromatic rings. The third-order valence-electron chi connectivity index (χ3n) is 6.55. The summed E-state index contributed by atoms with van der Waals surface area (Å²) < 4.78 is 33.3. The first-order valence-corrected chi connectivity index (χ1v) is 14.7. The van der Waals surface area contributed by atoms with Gasteiger partial charge < -0.3 is 20.3 Å². The molecule has 2 fully saturated rings. The number of amides is 1. The quantitative estimate of drug-likeness (QED) is 0.418. The lowest BCUT2D eigenvalue weighted by atomic mass is 10.3. The molecule has 2 aliphatic rings. The molecule has 5 heterocycles. The minimum Gasteiger partial charge on any atom is -0.378 e. The molecule has 0 bridgehead atoms. The van der Waals surface area contributed by atoms with Crippen molar-refractivity contribution in [1.82, 2.24) is 34.0 Å². The molecule has 3 aromatic heterocycles. The monoisotopic (exact) mass is 561 g/mol. The van der Waals surface area contributed by atoms with Crippen LogP contribution in [0.25, 0.3) is 21.6 Å². The lowest BCUT2D eigenvalue weighted by Gasteiger charge is -2.33. The average molecular weight is 562 g/mol. The first kappa shape index (κ1) is 26.6. The highest BCUT2D eigenvalue weighted by atomic mass is 32.2.